The van der Waals surface area contributed by atoms with Crippen LogP contribution in [0, 0.1) is 11.6 Å². The first-order valence-corrected chi connectivity index (χ1v) is 5.88. The van der Waals surface area contributed by atoms with Gasteiger partial charge in [-0.1, -0.05) is 28.1 Å². The van der Waals surface area contributed by atoms with E-state index < -0.39 is 0 Å². The standard InChI is InChI=1S/C13H10BrF2N/c14-10-5-6-11(15)9(7-10)8-17-13-4-2-1-3-12(13)16/h1-7,17H,8H2. The van der Waals surface area contributed by atoms with E-state index in [1.165, 1.54) is 12.1 Å². The number of hydrogen-bond acceptors (Lipinski definition) is 1. The van der Waals surface area contributed by atoms with Crippen LogP contribution in [0.1, 0.15) is 5.56 Å². The molecule has 0 unspecified atom stereocenters. The SMILES string of the molecule is Fc1ccc(Br)cc1CNc1ccccc1F. The van der Waals surface area contributed by atoms with Crippen molar-refractivity contribution in [1.82, 2.24) is 0 Å². The van der Waals surface area contributed by atoms with Crippen molar-refractivity contribution < 1.29 is 8.78 Å². The van der Waals surface area contributed by atoms with Gasteiger partial charge in [0.15, 0.2) is 0 Å². The summed E-state index contributed by atoms with van der Waals surface area (Å²) < 4.78 is 27.5. The molecule has 0 saturated heterocycles. The van der Waals surface area contributed by atoms with Gasteiger partial charge in [0.1, 0.15) is 11.6 Å². The maximum atomic E-state index is 13.4. The quantitative estimate of drug-likeness (QED) is 0.889. The predicted octanol–water partition coefficient (Wildman–Crippen LogP) is 4.34. The lowest BCUT2D eigenvalue weighted by Crippen LogP contribution is -2.03. The van der Waals surface area contributed by atoms with Crippen LogP contribution in [0.4, 0.5) is 14.5 Å². The van der Waals surface area contributed by atoms with Crippen molar-refractivity contribution in [3.05, 3.63) is 64.1 Å². The zero-order valence-corrected chi connectivity index (χ0v) is 10.5. The Labute approximate surface area is 107 Å². The van der Waals surface area contributed by atoms with E-state index in [2.05, 4.69) is 21.2 Å². The third-order valence-corrected chi connectivity index (χ3v) is 2.84. The second-order valence-corrected chi connectivity index (χ2v) is 4.48. The highest BCUT2D eigenvalue weighted by Gasteiger charge is 2.04. The van der Waals surface area contributed by atoms with Crippen LogP contribution in [-0.4, -0.2) is 0 Å². The van der Waals surface area contributed by atoms with E-state index in [9.17, 15) is 8.78 Å². The summed E-state index contributed by atoms with van der Waals surface area (Å²) in [5.74, 6) is -0.653. The number of rotatable bonds is 3. The molecule has 0 amide bonds. The predicted molar refractivity (Wildman–Crippen MR) is 67.8 cm³/mol. The first-order chi connectivity index (χ1) is 8.16. The summed E-state index contributed by atoms with van der Waals surface area (Å²) in [5, 5.41) is 2.86. The van der Waals surface area contributed by atoms with Crippen LogP contribution in [0.2, 0.25) is 0 Å². The summed E-state index contributed by atoms with van der Waals surface area (Å²) in [6, 6.07) is 11.0. The summed E-state index contributed by atoms with van der Waals surface area (Å²) in [6.07, 6.45) is 0. The summed E-state index contributed by atoms with van der Waals surface area (Å²) in [5.41, 5.74) is 0.856. The Bertz CT molecular complexity index is 529. The molecule has 0 aliphatic carbocycles. The molecule has 0 radical (unpaired) electrons. The van der Waals surface area contributed by atoms with E-state index in [1.54, 1.807) is 30.3 Å². The molecule has 0 aromatic heterocycles. The van der Waals surface area contributed by atoms with Crippen LogP contribution in [-0.2, 0) is 6.54 Å². The Balaban J connectivity index is 2.12. The fraction of sp³-hybridized carbons (Fsp3) is 0.0769. The average Bonchev–Trinajstić information content (AvgIpc) is 2.32. The van der Waals surface area contributed by atoms with Crippen LogP contribution in [0.3, 0.4) is 0 Å². The molecule has 2 rings (SSSR count). The van der Waals surface area contributed by atoms with Gasteiger partial charge in [-0.15, -0.1) is 0 Å². The lowest BCUT2D eigenvalue weighted by atomic mass is 10.2. The van der Waals surface area contributed by atoms with Crippen LogP contribution < -0.4 is 5.32 Å². The zero-order valence-electron chi connectivity index (χ0n) is 8.88. The molecule has 0 saturated carbocycles. The molecule has 0 bridgehead atoms. The minimum Gasteiger partial charge on any atom is -0.378 e. The highest BCUT2D eigenvalue weighted by Crippen LogP contribution is 2.18. The molecule has 2 aromatic rings. The molecule has 0 heterocycles. The summed E-state index contributed by atoms with van der Waals surface area (Å²) >= 11 is 3.27. The Morgan fingerprint density at radius 1 is 1.00 bits per heavy atom. The normalized spacial score (nSPS) is 10.3. The van der Waals surface area contributed by atoms with Gasteiger partial charge < -0.3 is 5.32 Å². The Morgan fingerprint density at radius 3 is 2.53 bits per heavy atom. The number of benzene rings is 2. The van der Waals surface area contributed by atoms with Gasteiger partial charge in [-0.05, 0) is 30.3 Å². The first kappa shape index (κ1) is 12.0. The smallest absolute Gasteiger partial charge is 0.146 e. The number of hydrogen-bond donors (Lipinski definition) is 1. The second kappa shape index (κ2) is 5.27. The highest BCUT2D eigenvalue weighted by atomic mass is 79.9. The van der Waals surface area contributed by atoms with E-state index in [0.717, 1.165) is 4.47 Å². The Hall–Kier alpha value is -1.42. The lowest BCUT2D eigenvalue weighted by Gasteiger charge is -2.08. The summed E-state index contributed by atoms with van der Waals surface area (Å²) in [6.45, 7) is 0.242. The molecule has 0 aliphatic heterocycles. The van der Waals surface area contributed by atoms with Crippen molar-refractivity contribution in [2.24, 2.45) is 0 Å². The van der Waals surface area contributed by atoms with Crippen molar-refractivity contribution in [2.45, 2.75) is 6.54 Å². The van der Waals surface area contributed by atoms with E-state index >= 15 is 0 Å². The largest absolute Gasteiger partial charge is 0.378 e. The molecule has 0 atom stereocenters. The van der Waals surface area contributed by atoms with Gasteiger partial charge in [0.25, 0.3) is 0 Å². The van der Waals surface area contributed by atoms with Gasteiger partial charge in [-0.25, -0.2) is 8.78 Å². The minimum absolute atomic E-state index is 0.242. The van der Waals surface area contributed by atoms with Crippen LogP contribution in [0.5, 0.6) is 0 Å². The molecule has 4 heteroatoms. The number of nitrogens with one attached hydrogen (secondary N) is 1. The fourth-order valence-electron chi connectivity index (χ4n) is 1.47. The van der Waals surface area contributed by atoms with Gasteiger partial charge in [-0.3, -0.25) is 0 Å². The molecule has 1 nitrogen and oxygen atoms in total. The highest BCUT2D eigenvalue weighted by molar-refractivity contribution is 9.10. The molecule has 2 aromatic carbocycles. The maximum Gasteiger partial charge on any atom is 0.146 e. The van der Waals surface area contributed by atoms with Crippen molar-refractivity contribution in [3.8, 4) is 0 Å². The Kier molecular flexibility index (Phi) is 3.74. The van der Waals surface area contributed by atoms with Gasteiger partial charge in [0.05, 0.1) is 5.69 Å². The molecule has 0 aliphatic rings. The van der Waals surface area contributed by atoms with Crippen LogP contribution in [0.25, 0.3) is 0 Å². The number of anilines is 1. The molecule has 17 heavy (non-hydrogen) atoms. The third-order valence-electron chi connectivity index (χ3n) is 2.35. The van der Waals surface area contributed by atoms with Crippen LogP contribution >= 0.6 is 15.9 Å². The molecule has 1 N–H and O–H groups in total. The van der Waals surface area contributed by atoms with Crippen molar-refractivity contribution >= 4 is 21.6 Å². The summed E-state index contributed by atoms with van der Waals surface area (Å²) in [4.78, 5) is 0. The van der Waals surface area contributed by atoms with E-state index in [4.69, 9.17) is 0 Å². The molecule has 88 valence electrons. The topological polar surface area (TPSA) is 12.0 Å². The second-order valence-electron chi connectivity index (χ2n) is 3.57. The molecular weight excluding hydrogens is 288 g/mol. The molecule has 0 spiro atoms. The van der Waals surface area contributed by atoms with Gasteiger partial charge in [0, 0.05) is 16.6 Å². The van der Waals surface area contributed by atoms with Crippen molar-refractivity contribution in [2.75, 3.05) is 5.32 Å². The number of halogens is 3. The van der Waals surface area contributed by atoms with Crippen LogP contribution in [0.15, 0.2) is 46.9 Å². The van der Waals surface area contributed by atoms with Crippen molar-refractivity contribution in [1.29, 1.82) is 0 Å². The average molecular weight is 298 g/mol. The zero-order chi connectivity index (χ0) is 12.3. The lowest BCUT2D eigenvalue weighted by molar-refractivity contribution is 0.610. The fourth-order valence-corrected chi connectivity index (χ4v) is 1.88. The van der Waals surface area contributed by atoms with E-state index in [1.807, 2.05) is 0 Å². The van der Waals surface area contributed by atoms with Gasteiger partial charge >= 0.3 is 0 Å². The van der Waals surface area contributed by atoms with E-state index in [0.29, 0.717) is 11.3 Å². The maximum absolute atomic E-state index is 13.4. The Morgan fingerprint density at radius 2 is 1.76 bits per heavy atom. The summed E-state index contributed by atoms with van der Waals surface area (Å²) in [7, 11) is 0. The third kappa shape index (κ3) is 3.03. The van der Waals surface area contributed by atoms with Crippen molar-refractivity contribution in [3.63, 3.8) is 0 Å². The molecule has 0 fully saturated rings. The minimum atomic E-state index is -0.345. The van der Waals surface area contributed by atoms with Gasteiger partial charge in [-0.2, -0.15) is 0 Å². The molecular formula is C13H10BrF2N. The first-order valence-electron chi connectivity index (χ1n) is 5.09. The number of para-hydroxylation sites is 1. The van der Waals surface area contributed by atoms with E-state index in [-0.39, 0.29) is 18.2 Å². The van der Waals surface area contributed by atoms with Gasteiger partial charge in [0.2, 0.25) is 0 Å². The monoisotopic (exact) mass is 297 g/mol.